The molecule has 0 saturated heterocycles. The number of aromatic nitrogens is 3. The van der Waals surface area contributed by atoms with E-state index in [1.807, 2.05) is 6.07 Å². The smallest absolute Gasteiger partial charge is 0.224 e. The van der Waals surface area contributed by atoms with Gasteiger partial charge in [-0.05, 0) is 22.0 Å². The second-order valence-corrected chi connectivity index (χ2v) is 3.38. The second-order valence-electron chi connectivity index (χ2n) is 2.47. The van der Waals surface area contributed by atoms with E-state index >= 15 is 0 Å². The van der Waals surface area contributed by atoms with Crippen molar-refractivity contribution < 1.29 is 9.26 Å². The van der Waals surface area contributed by atoms with Gasteiger partial charge in [-0.2, -0.15) is 4.98 Å². The van der Waals surface area contributed by atoms with Crippen LogP contribution in [0.4, 0.5) is 0 Å². The monoisotopic (exact) mass is 255 g/mol. The first kappa shape index (κ1) is 9.14. The predicted octanol–water partition coefficient (Wildman–Crippen LogP) is 1.90. The molecule has 2 aromatic heterocycles. The zero-order valence-corrected chi connectivity index (χ0v) is 8.85. The summed E-state index contributed by atoms with van der Waals surface area (Å²) in [7, 11) is 1.54. The van der Waals surface area contributed by atoms with Crippen molar-refractivity contribution in [3.63, 3.8) is 0 Å². The lowest BCUT2D eigenvalue weighted by Crippen LogP contribution is -1.92. The number of halogens is 1. The lowest BCUT2D eigenvalue weighted by molar-refractivity contribution is 0.397. The Morgan fingerprint density at radius 3 is 2.93 bits per heavy atom. The van der Waals surface area contributed by atoms with Crippen LogP contribution in [0.5, 0.6) is 5.88 Å². The van der Waals surface area contributed by atoms with Crippen molar-refractivity contribution in [2.45, 2.75) is 0 Å². The Kier molecular flexibility index (Phi) is 2.45. The number of pyridine rings is 1. The molecule has 5 nitrogen and oxygen atoms in total. The number of rotatable bonds is 2. The third-order valence-electron chi connectivity index (χ3n) is 1.61. The average Bonchev–Trinajstić information content (AvgIpc) is 2.70. The third kappa shape index (κ3) is 1.60. The molecule has 0 fully saturated rings. The van der Waals surface area contributed by atoms with Crippen LogP contribution < -0.4 is 4.74 Å². The third-order valence-corrected chi connectivity index (χ3v) is 2.05. The number of hydrogen-bond donors (Lipinski definition) is 0. The lowest BCUT2D eigenvalue weighted by Gasteiger charge is -2.03. The normalized spacial score (nSPS) is 10.1. The molecule has 0 N–H and O–H groups in total. The Balaban J connectivity index is 2.55. The minimum atomic E-state index is 0.454. The van der Waals surface area contributed by atoms with Gasteiger partial charge in [0.1, 0.15) is 0 Å². The summed E-state index contributed by atoms with van der Waals surface area (Å²) in [4.78, 5) is 7.98. The van der Waals surface area contributed by atoms with Gasteiger partial charge in [-0.25, -0.2) is 4.98 Å². The molecule has 0 aliphatic carbocycles. The van der Waals surface area contributed by atoms with Gasteiger partial charge in [0.15, 0.2) is 0 Å². The van der Waals surface area contributed by atoms with Gasteiger partial charge in [0.2, 0.25) is 18.1 Å². The quantitative estimate of drug-likeness (QED) is 0.821. The summed E-state index contributed by atoms with van der Waals surface area (Å²) in [6.45, 7) is 0. The van der Waals surface area contributed by atoms with Crippen LogP contribution in [0.3, 0.4) is 0 Å². The molecule has 72 valence electrons. The van der Waals surface area contributed by atoms with Crippen LogP contribution >= 0.6 is 15.9 Å². The molecular weight excluding hydrogens is 250 g/mol. The summed E-state index contributed by atoms with van der Waals surface area (Å²) < 4.78 is 10.6. The maximum absolute atomic E-state index is 5.07. The molecule has 2 aromatic rings. The molecule has 0 saturated carbocycles. The first-order chi connectivity index (χ1) is 6.81. The van der Waals surface area contributed by atoms with E-state index in [9.17, 15) is 0 Å². The van der Waals surface area contributed by atoms with E-state index in [1.165, 1.54) is 6.39 Å². The van der Waals surface area contributed by atoms with Crippen LogP contribution in [0.15, 0.2) is 27.7 Å². The average molecular weight is 256 g/mol. The Morgan fingerprint density at radius 1 is 1.43 bits per heavy atom. The standard InChI is InChI=1S/C8H6BrN3O2/c1-13-8-6(2-5(9)3-10-8)7-11-4-14-12-7/h2-4H,1H3. The minimum absolute atomic E-state index is 0.454. The van der Waals surface area contributed by atoms with E-state index in [-0.39, 0.29) is 0 Å². The van der Waals surface area contributed by atoms with Crippen molar-refractivity contribution in [3.05, 3.63) is 23.1 Å². The zero-order valence-electron chi connectivity index (χ0n) is 7.27. The highest BCUT2D eigenvalue weighted by atomic mass is 79.9. The predicted molar refractivity (Wildman–Crippen MR) is 51.8 cm³/mol. The molecule has 0 aromatic carbocycles. The van der Waals surface area contributed by atoms with Crippen molar-refractivity contribution in [2.24, 2.45) is 0 Å². The van der Waals surface area contributed by atoms with Gasteiger partial charge in [0.25, 0.3) is 0 Å². The van der Waals surface area contributed by atoms with E-state index in [0.717, 1.165) is 4.47 Å². The first-order valence-corrected chi connectivity index (χ1v) is 4.57. The van der Waals surface area contributed by atoms with Crippen LogP contribution in [0, 0.1) is 0 Å². The van der Waals surface area contributed by atoms with Crippen molar-refractivity contribution in [1.29, 1.82) is 0 Å². The molecule has 0 unspecified atom stereocenters. The van der Waals surface area contributed by atoms with Crippen LogP contribution in [-0.4, -0.2) is 22.2 Å². The fourth-order valence-electron chi connectivity index (χ4n) is 1.04. The summed E-state index contributed by atoms with van der Waals surface area (Å²) in [6.07, 6.45) is 2.90. The summed E-state index contributed by atoms with van der Waals surface area (Å²) >= 11 is 3.31. The highest BCUT2D eigenvalue weighted by Crippen LogP contribution is 2.27. The Labute approximate surface area is 88.2 Å². The molecule has 0 atom stereocenters. The second kappa shape index (κ2) is 3.75. The Morgan fingerprint density at radius 2 is 2.29 bits per heavy atom. The summed E-state index contributed by atoms with van der Waals surface area (Å²) in [5.41, 5.74) is 0.690. The lowest BCUT2D eigenvalue weighted by atomic mass is 10.2. The van der Waals surface area contributed by atoms with Gasteiger partial charge in [-0.1, -0.05) is 5.16 Å². The van der Waals surface area contributed by atoms with Crippen molar-refractivity contribution in [1.82, 2.24) is 15.1 Å². The van der Waals surface area contributed by atoms with E-state index < -0.39 is 0 Å². The topological polar surface area (TPSA) is 61.0 Å². The van der Waals surface area contributed by atoms with Gasteiger partial charge < -0.3 is 9.26 Å². The minimum Gasteiger partial charge on any atom is -0.480 e. The molecule has 0 amide bonds. The molecule has 2 rings (SSSR count). The summed E-state index contributed by atoms with van der Waals surface area (Å²) in [6, 6.07) is 1.82. The van der Waals surface area contributed by atoms with Gasteiger partial charge in [-0.15, -0.1) is 0 Å². The van der Waals surface area contributed by atoms with Crippen LogP contribution in [-0.2, 0) is 0 Å². The molecule has 0 spiro atoms. The molecule has 0 aliphatic heterocycles. The summed E-state index contributed by atoms with van der Waals surface area (Å²) in [5, 5.41) is 3.71. The fraction of sp³-hybridized carbons (Fsp3) is 0.125. The highest BCUT2D eigenvalue weighted by Gasteiger charge is 2.11. The number of nitrogens with zero attached hydrogens (tertiary/aromatic N) is 3. The SMILES string of the molecule is COc1ncc(Br)cc1-c1ncon1. The van der Waals surface area contributed by atoms with Crippen molar-refractivity contribution >= 4 is 15.9 Å². The maximum atomic E-state index is 5.07. The number of ether oxygens (including phenoxy) is 1. The van der Waals surface area contributed by atoms with E-state index in [2.05, 4.69) is 35.6 Å². The van der Waals surface area contributed by atoms with Gasteiger partial charge in [-0.3, -0.25) is 0 Å². The van der Waals surface area contributed by atoms with Crippen LogP contribution in [0.2, 0.25) is 0 Å². The zero-order chi connectivity index (χ0) is 9.97. The van der Waals surface area contributed by atoms with Gasteiger partial charge in [0, 0.05) is 10.7 Å². The molecule has 2 heterocycles. The summed E-state index contributed by atoms with van der Waals surface area (Å²) in [5.74, 6) is 0.922. The molecular formula is C8H6BrN3O2. The maximum Gasteiger partial charge on any atom is 0.224 e. The molecule has 14 heavy (non-hydrogen) atoms. The van der Waals surface area contributed by atoms with Crippen LogP contribution in [0.25, 0.3) is 11.4 Å². The highest BCUT2D eigenvalue weighted by molar-refractivity contribution is 9.10. The fourth-order valence-corrected chi connectivity index (χ4v) is 1.37. The van der Waals surface area contributed by atoms with Gasteiger partial charge >= 0.3 is 0 Å². The molecule has 0 aliphatic rings. The Hall–Kier alpha value is -1.43. The molecule has 6 heteroatoms. The first-order valence-electron chi connectivity index (χ1n) is 3.77. The van der Waals surface area contributed by atoms with Gasteiger partial charge in [0.05, 0.1) is 12.7 Å². The van der Waals surface area contributed by atoms with E-state index in [1.54, 1.807) is 13.3 Å². The van der Waals surface area contributed by atoms with E-state index in [4.69, 9.17) is 4.74 Å². The largest absolute Gasteiger partial charge is 0.480 e. The van der Waals surface area contributed by atoms with E-state index in [0.29, 0.717) is 17.3 Å². The molecule has 0 bridgehead atoms. The van der Waals surface area contributed by atoms with Crippen LogP contribution in [0.1, 0.15) is 0 Å². The number of methoxy groups -OCH3 is 1. The Bertz CT molecular complexity index is 430. The number of hydrogen-bond acceptors (Lipinski definition) is 5. The van der Waals surface area contributed by atoms with Crippen molar-refractivity contribution in [3.8, 4) is 17.3 Å². The van der Waals surface area contributed by atoms with Crippen molar-refractivity contribution in [2.75, 3.05) is 7.11 Å². The molecule has 0 radical (unpaired) electrons.